The molecule has 1 aromatic rings. The highest BCUT2D eigenvalue weighted by Gasteiger charge is 2.10. The van der Waals surface area contributed by atoms with Crippen LogP contribution >= 0.6 is 22.6 Å². The van der Waals surface area contributed by atoms with Crippen molar-refractivity contribution in [3.05, 3.63) is 32.9 Å². The Labute approximate surface area is 105 Å². The smallest absolute Gasteiger partial charge is 0.157 e. The second-order valence-electron chi connectivity index (χ2n) is 3.14. The van der Waals surface area contributed by atoms with E-state index >= 15 is 0 Å². The van der Waals surface area contributed by atoms with Gasteiger partial charge in [0.15, 0.2) is 6.29 Å². The van der Waals surface area contributed by atoms with Crippen LogP contribution in [0.15, 0.2) is 12.1 Å². The molecule has 16 heavy (non-hydrogen) atoms. The Bertz CT molecular complexity index is 360. The van der Waals surface area contributed by atoms with E-state index in [4.69, 9.17) is 14.9 Å². The van der Waals surface area contributed by atoms with Crippen LogP contribution in [0.1, 0.15) is 12.0 Å². The van der Waals surface area contributed by atoms with Crippen LogP contribution in [0.3, 0.4) is 0 Å². The highest BCUT2D eigenvalue weighted by Crippen LogP contribution is 2.17. The van der Waals surface area contributed by atoms with Gasteiger partial charge in [-0.05, 0) is 28.7 Å². The van der Waals surface area contributed by atoms with Crippen LogP contribution in [0.25, 0.3) is 0 Å². The summed E-state index contributed by atoms with van der Waals surface area (Å²) in [6, 6.07) is 2.09. The molecule has 0 radical (unpaired) electrons. The van der Waals surface area contributed by atoms with Gasteiger partial charge in [-0.25, -0.2) is 8.78 Å². The van der Waals surface area contributed by atoms with Gasteiger partial charge in [-0.1, -0.05) is 0 Å². The van der Waals surface area contributed by atoms with Crippen LogP contribution < -0.4 is 0 Å². The lowest BCUT2D eigenvalue weighted by Gasteiger charge is -2.11. The summed E-state index contributed by atoms with van der Waals surface area (Å²) in [4.78, 5) is 0. The number of benzene rings is 1. The summed E-state index contributed by atoms with van der Waals surface area (Å²) in [5.74, 6) is -1.34. The summed E-state index contributed by atoms with van der Waals surface area (Å²) in [5, 5.41) is 17.6. The highest BCUT2D eigenvalue weighted by molar-refractivity contribution is 14.1. The Morgan fingerprint density at radius 3 is 2.62 bits per heavy atom. The van der Waals surface area contributed by atoms with Gasteiger partial charge >= 0.3 is 0 Å². The largest absolute Gasteiger partial charge is 0.396 e. The topological polar surface area (TPSA) is 49.7 Å². The van der Waals surface area contributed by atoms with Crippen molar-refractivity contribution < 1.29 is 23.7 Å². The van der Waals surface area contributed by atoms with Crippen molar-refractivity contribution in [1.82, 2.24) is 0 Å². The molecule has 1 unspecified atom stereocenters. The van der Waals surface area contributed by atoms with Crippen LogP contribution in [-0.4, -0.2) is 23.1 Å². The lowest BCUT2D eigenvalue weighted by atomic mass is 10.2. The maximum Gasteiger partial charge on any atom is 0.157 e. The van der Waals surface area contributed by atoms with Crippen molar-refractivity contribution in [2.75, 3.05) is 6.61 Å². The minimum absolute atomic E-state index is 0.0555. The fourth-order valence-corrected chi connectivity index (χ4v) is 1.59. The number of hydrogen-bond donors (Lipinski definition) is 2. The zero-order chi connectivity index (χ0) is 12.1. The average molecular weight is 344 g/mol. The molecule has 0 spiro atoms. The number of ether oxygens (including phenoxy) is 1. The monoisotopic (exact) mass is 344 g/mol. The Hall–Kier alpha value is -0.310. The first-order chi connectivity index (χ1) is 7.54. The van der Waals surface area contributed by atoms with Gasteiger partial charge in [-0.3, -0.25) is 0 Å². The van der Waals surface area contributed by atoms with Gasteiger partial charge in [0.05, 0.1) is 6.61 Å². The Kier molecular flexibility index (Phi) is 5.53. The molecule has 1 rings (SSSR count). The van der Waals surface area contributed by atoms with Crippen LogP contribution in [0.5, 0.6) is 0 Å². The van der Waals surface area contributed by atoms with Crippen LogP contribution in [0.4, 0.5) is 8.78 Å². The molecule has 0 bridgehead atoms. The van der Waals surface area contributed by atoms with E-state index in [-0.39, 0.29) is 28.8 Å². The number of aliphatic hydroxyl groups excluding tert-OH is 2. The zero-order valence-electron chi connectivity index (χ0n) is 8.29. The van der Waals surface area contributed by atoms with E-state index < -0.39 is 17.9 Å². The van der Waals surface area contributed by atoms with E-state index in [0.717, 1.165) is 6.07 Å². The van der Waals surface area contributed by atoms with E-state index in [1.165, 1.54) is 6.07 Å². The van der Waals surface area contributed by atoms with E-state index in [9.17, 15) is 8.78 Å². The zero-order valence-corrected chi connectivity index (χ0v) is 10.4. The van der Waals surface area contributed by atoms with Crippen LogP contribution in [0.2, 0.25) is 0 Å². The third kappa shape index (κ3) is 3.93. The fourth-order valence-electron chi connectivity index (χ4n) is 1.05. The minimum atomic E-state index is -1.15. The Morgan fingerprint density at radius 1 is 1.31 bits per heavy atom. The van der Waals surface area contributed by atoms with Crippen molar-refractivity contribution in [3.63, 3.8) is 0 Å². The van der Waals surface area contributed by atoms with Gasteiger partial charge in [-0.2, -0.15) is 0 Å². The lowest BCUT2D eigenvalue weighted by Crippen LogP contribution is -2.14. The number of rotatable bonds is 5. The molecule has 0 aromatic heterocycles. The van der Waals surface area contributed by atoms with E-state index in [1.54, 1.807) is 22.6 Å². The second-order valence-corrected chi connectivity index (χ2v) is 4.30. The van der Waals surface area contributed by atoms with E-state index in [1.807, 2.05) is 0 Å². The number of aliphatic hydroxyl groups is 2. The maximum atomic E-state index is 13.2. The normalized spacial score (nSPS) is 12.8. The summed E-state index contributed by atoms with van der Waals surface area (Å²) in [5.41, 5.74) is 0.169. The summed E-state index contributed by atoms with van der Waals surface area (Å²) >= 11 is 1.74. The SMILES string of the molecule is OCCC(O)OCc1cc(I)c(F)cc1F. The molecule has 0 amide bonds. The molecule has 0 aliphatic rings. The van der Waals surface area contributed by atoms with Crippen molar-refractivity contribution in [3.8, 4) is 0 Å². The van der Waals surface area contributed by atoms with Gasteiger partial charge < -0.3 is 14.9 Å². The summed E-state index contributed by atoms with van der Waals surface area (Å²) in [7, 11) is 0. The predicted octanol–water partition coefficient (Wildman–Crippen LogP) is 1.79. The van der Waals surface area contributed by atoms with E-state index in [0.29, 0.717) is 0 Å². The van der Waals surface area contributed by atoms with Crippen LogP contribution in [-0.2, 0) is 11.3 Å². The molecule has 0 heterocycles. The third-order valence-corrected chi connectivity index (χ3v) is 2.72. The molecule has 6 heteroatoms. The highest BCUT2D eigenvalue weighted by atomic mass is 127. The fraction of sp³-hybridized carbons (Fsp3) is 0.400. The van der Waals surface area contributed by atoms with Crippen LogP contribution in [0, 0.1) is 15.2 Å². The van der Waals surface area contributed by atoms with Crippen molar-refractivity contribution in [2.24, 2.45) is 0 Å². The number of halogens is 3. The van der Waals surface area contributed by atoms with Crippen molar-refractivity contribution >= 4 is 22.6 Å². The minimum Gasteiger partial charge on any atom is -0.396 e. The molecule has 3 nitrogen and oxygen atoms in total. The predicted molar refractivity (Wildman–Crippen MR) is 61.6 cm³/mol. The summed E-state index contributed by atoms with van der Waals surface area (Å²) in [6.45, 7) is -0.381. The molecule has 0 saturated heterocycles. The lowest BCUT2D eigenvalue weighted by molar-refractivity contribution is -0.117. The molecular weight excluding hydrogens is 333 g/mol. The molecule has 0 aliphatic heterocycles. The molecule has 0 saturated carbocycles. The first-order valence-electron chi connectivity index (χ1n) is 4.58. The van der Waals surface area contributed by atoms with Gasteiger partial charge in [0.2, 0.25) is 0 Å². The van der Waals surface area contributed by atoms with Gasteiger partial charge in [0.25, 0.3) is 0 Å². The first-order valence-corrected chi connectivity index (χ1v) is 5.66. The van der Waals surface area contributed by atoms with Crippen molar-refractivity contribution in [2.45, 2.75) is 19.3 Å². The molecule has 1 aromatic carbocycles. The average Bonchev–Trinajstić information content (AvgIpc) is 2.22. The molecule has 0 aliphatic carbocycles. The maximum absolute atomic E-state index is 13.2. The van der Waals surface area contributed by atoms with Crippen molar-refractivity contribution in [1.29, 1.82) is 0 Å². The molecule has 1 atom stereocenters. The molecule has 0 fully saturated rings. The van der Waals surface area contributed by atoms with E-state index in [2.05, 4.69) is 0 Å². The molecule has 90 valence electrons. The van der Waals surface area contributed by atoms with Gasteiger partial charge in [0.1, 0.15) is 11.6 Å². The summed E-state index contributed by atoms with van der Waals surface area (Å²) < 4.78 is 31.3. The molecule has 2 N–H and O–H groups in total. The quantitative estimate of drug-likeness (QED) is 0.487. The van der Waals surface area contributed by atoms with Gasteiger partial charge in [-0.15, -0.1) is 0 Å². The first kappa shape index (κ1) is 13.8. The number of hydrogen-bond acceptors (Lipinski definition) is 3. The standard InChI is InChI=1S/C10H11F2IO3/c11-7-4-8(12)9(13)3-6(7)5-16-10(15)1-2-14/h3-4,10,14-15H,1-2,5H2. The summed E-state index contributed by atoms with van der Waals surface area (Å²) in [6.07, 6.45) is -1.09. The third-order valence-electron chi connectivity index (χ3n) is 1.90. The molecular formula is C10H11F2IO3. The second kappa shape index (κ2) is 6.43. The van der Waals surface area contributed by atoms with Gasteiger partial charge in [0, 0.05) is 28.2 Å². The Morgan fingerprint density at radius 2 is 2.00 bits per heavy atom. The Balaban J connectivity index is 2.63.